The summed E-state index contributed by atoms with van der Waals surface area (Å²) < 4.78 is 23.3. The Kier molecular flexibility index (Phi) is 4.36. The van der Waals surface area contributed by atoms with Crippen LogP contribution in [0.3, 0.4) is 0 Å². The highest BCUT2D eigenvalue weighted by molar-refractivity contribution is 7.91. The number of rotatable bonds is 4. The van der Waals surface area contributed by atoms with Crippen LogP contribution in [-0.4, -0.2) is 43.0 Å². The smallest absolute Gasteiger partial charge is 0.229 e. The van der Waals surface area contributed by atoms with Crippen LogP contribution >= 0.6 is 0 Å². The molecule has 0 saturated carbocycles. The van der Waals surface area contributed by atoms with Crippen LogP contribution in [0.1, 0.15) is 12.0 Å². The highest BCUT2D eigenvalue weighted by atomic mass is 32.2. The molecular weight excluding hydrogens is 326 g/mol. The number of hydrogen-bond donors (Lipinski definition) is 1. The molecule has 1 aliphatic rings. The van der Waals surface area contributed by atoms with Crippen LogP contribution in [0, 0.1) is 11.3 Å². The average molecular weight is 343 g/mol. The maximum atomic E-state index is 11.6. The van der Waals surface area contributed by atoms with Crippen LogP contribution in [0.2, 0.25) is 0 Å². The van der Waals surface area contributed by atoms with Gasteiger partial charge in [-0.3, -0.25) is 0 Å². The number of nitrogens with zero attached hydrogens (tertiary/aromatic N) is 4. The first-order chi connectivity index (χ1) is 11.5. The summed E-state index contributed by atoms with van der Waals surface area (Å²) in [6.07, 6.45) is 2.23. The number of anilines is 3. The van der Waals surface area contributed by atoms with E-state index < -0.39 is 9.84 Å². The lowest BCUT2D eigenvalue weighted by Gasteiger charge is -2.24. The molecule has 1 atom stereocenters. The average Bonchev–Trinajstić information content (AvgIpc) is 2.94. The van der Waals surface area contributed by atoms with E-state index in [0.717, 1.165) is 5.69 Å². The van der Waals surface area contributed by atoms with E-state index in [9.17, 15) is 8.42 Å². The minimum absolute atomic E-state index is 0.0698. The van der Waals surface area contributed by atoms with Gasteiger partial charge in [-0.1, -0.05) is 6.07 Å². The van der Waals surface area contributed by atoms with Gasteiger partial charge in [0.2, 0.25) is 5.95 Å². The molecule has 1 N–H and O–H groups in total. The maximum absolute atomic E-state index is 11.6. The van der Waals surface area contributed by atoms with E-state index in [1.165, 1.54) is 0 Å². The van der Waals surface area contributed by atoms with Gasteiger partial charge in [0.05, 0.1) is 23.1 Å². The van der Waals surface area contributed by atoms with Crippen LogP contribution in [0.25, 0.3) is 0 Å². The summed E-state index contributed by atoms with van der Waals surface area (Å²) >= 11 is 0. The number of benzene rings is 1. The Labute approximate surface area is 140 Å². The van der Waals surface area contributed by atoms with Crippen LogP contribution in [0.5, 0.6) is 0 Å². The summed E-state index contributed by atoms with van der Waals surface area (Å²) in [6, 6.07) is 10.8. The Bertz CT molecular complexity index is 891. The molecule has 2 aromatic rings. The second-order valence-corrected chi connectivity index (χ2v) is 7.95. The van der Waals surface area contributed by atoms with E-state index in [2.05, 4.69) is 21.4 Å². The van der Waals surface area contributed by atoms with Crippen molar-refractivity contribution in [2.24, 2.45) is 0 Å². The molecule has 24 heavy (non-hydrogen) atoms. The van der Waals surface area contributed by atoms with Crippen LogP contribution < -0.4 is 10.2 Å². The van der Waals surface area contributed by atoms with E-state index in [-0.39, 0.29) is 17.5 Å². The zero-order valence-corrected chi connectivity index (χ0v) is 14.0. The normalized spacial score (nSPS) is 18.8. The third-order valence-corrected chi connectivity index (χ3v) is 5.76. The lowest BCUT2D eigenvalue weighted by Crippen LogP contribution is -2.33. The Morgan fingerprint density at radius 1 is 1.38 bits per heavy atom. The molecule has 0 aliphatic carbocycles. The largest absolute Gasteiger partial charge is 0.355 e. The lowest BCUT2D eigenvalue weighted by atomic mass is 10.2. The van der Waals surface area contributed by atoms with Gasteiger partial charge in [-0.15, -0.1) is 0 Å². The molecule has 0 radical (unpaired) electrons. The van der Waals surface area contributed by atoms with Gasteiger partial charge in [0.25, 0.3) is 0 Å². The molecule has 1 saturated heterocycles. The number of hydrogen-bond acceptors (Lipinski definition) is 7. The van der Waals surface area contributed by atoms with E-state index in [4.69, 9.17) is 5.26 Å². The van der Waals surface area contributed by atoms with Crippen LogP contribution in [-0.2, 0) is 9.84 Å². The van der Waals surface area contributed by atoms with Crippen molar-refractivity contribution in [1.29, 1.82) is 5.26 Å². The first kappa shape index (κ1) is 16.2. The standard InChI is InChI=1S/C16H17N5O2S/c1-21(14-6-8-24(22,23)11-14)15-5-7-18-16(20-15)19-13-4-2-3-12(9-13)10-17/h2-5,7,9,14H,6,8,11H2,1H3,(H,18,19,20). The molecule has 124 valence electrons. The van der Waals surface area contributed by atoms with Crippen LogP contribution in [0.4, 0.5) is 17.5 Å². The first-order valence-electron chi connectivity index (χ1n) is 7.50. The van der Waals surface area contributed by atoms with Gasteiger partial charge in [-0.05, 0) is 30.7 Å². The molecule has 1 unspecified atom stereocenters. The first-order valence-corrected chi connectivity index (χ1v) is 9.32. The van der Waals surface area contributed by atoms with Crippen molar-refractivity contribution in [1.82, 2.24) is 9.97 Å². The predicted octanol–water partition coefficient (Wildman–Crippen LogP) is 1.72. The van der Waals surface area contributed by atoms with E-state index in [1.54, 1.807) is 30.5 Å². The van der Waals surface area contributed by atoms with Crippen molar-refractivity contribution in [3.05, 3.63) is 42.1 Å². The van der Waals surface area contributed by atoms with E-state index >= 15 is 0 Å². The van der Waals surface area contributed by atoms with Gasteiger partial charge < -0.3 is 10.2 Å². The molecule has 7 nitrogen and oxygen atoms in total. The molecule has 0 spiro atoms. The summed E-state index contributed by atoms with van der Waals surface area (Å²) in [5.41, 5.74) is 1.27. The zero-order valence-electron chi connectivity index (χ0n) is 13.2. The molecule has 2 heterocycles. The van der Waals surface area contributed by atoms with Crippen molar-refractivity contribution >= 4 is 27.3 Å². The SMILES string of the molecule is CN(c1ccnc(Nc2cccc(C#N)c2)n1)C1CCS(=O)(=O)C1. The molecule has 1 aromatic heterocycles. The summed E-state index contributed by atoms with van der Waals surface area (Å²) in [5, 5.41) is 12.0. The maximum Gasteiger partial charge on any atom is 0.229 e. The molecule has 8 heteroatoms. The van der Waals surface area contributed by atoms with E-state index in [0.29, 0.717) is 23.8 Å². The summed E-state index contributed by atoms with van der Waals surface area (Å²) in [6.45, 7) is 0. The molecule has 1 aromatic carbocycles. The molecule has 0 bridgehead atoms. The summed E-state index contributed by atoms with van der Waals surface area (Å²) in [7, 11) is -1.10. The lowest BCUT2D eigenvalue weighted by molar-refractivity contribution is 0.600. The van der Waals surface area contributed by atoms with E-state index in [1.807, 2.05) is 18.0 Å². The predicted molar refractivity (Wildman–Crippen MR) is 91.9 cm³/mol. The fourth-order valence-corrected chi connectivity index (χ4v) is 4.44. The summed E-state index contributed by atoms with van der Waals surface area (Å²) in [5.74, 6) is 1.43. The van der Waals surface area contributed by atoms with Crippen molar-refractivity contribution in [3.8, 4) is 6.07 Å². The Morgan fingerprint density at radius 3 is 2.92 bits per heavy atom. The fraction of sp³-hybridized carbons (Fsp3) is 0.312. The Morgan fingerprint density at radius 2 is 2.21 bits per heavy atom. The number of aromatic nitrogens is 2. The van der Waals surface area contributed by atoms with Gasteiger partial charge in [0.15, 0.2) is 9.84 Å². The minimum Gasteiger partial charge on any atom is -0.355 e. The van der Waals surface area contributed by atoms with Gasteiger partial charge >= 0.3 is 0 Å². The second-order valence-electron chi connectivity index (χ2n) is 5.72. The van der Waals surface area contributed by atoms with Crippen LogP contribution in [0.15, 0.2) is 36.5 Å². The van der Waals surface area contributed by atoms with Crippen molar-refractivity contribution < 1.29 is 8.42 Å². The fourth-order valence-electron chi connectivity index (χ4n) is 2.67. The van der Waals surface area contributed by atoms with Crippen molar-refractivity contribution in [2.75, 3.05) is 28.8 Å². The third kappa shape index (κ3) is 3.63. The molecule has 1 aliphatic heterocycles. The van der Waals surface area contributed by atoms with Gasteiger partial charge in [-0.25, -0.2) is 13.4 Å². The molecule has 3 rings (SSSR count). The number of nitrogens with one attached hydrogen (secondary N) is 1. The number of sulfone groups is 1. The van der Waals surface area contributed by atoms with Gasteiger partial charge in [0, 0.05) is 25.0 Å². The molecule has 0 amide bonds. The highest BCUT2D eigenvalue weighted by Gasteiger charge is 2.31. The summed E-state index contributed by atoms with van der Waals surface area (Å²) in [4.78, 5) is 10.5. The Hall–Kier alpha value is -2.66. The third-order valence-electron chi connectivity index (χ3n) is 4.01. The quantitative estimate of drug-likeness (QED) is 0.902. The van der Waals surface area contributed by atoms with Gasteiger partial charge in [0.1, 0.15) is 5.82 Å². The Balaban J connectivity index is 1.78. The van der Waals surface area contributed by atoms with Crippen molar-refractivity contribution in [2.45, 2.75) is 12.5 Å². The molecule has 1 fully saturated rings. The monoisotopic (exact) mass is 343 g/mol. The van der Waals surface area contributed by atoms with Crippen molar-refractivity contribution in [3.63, 3.8) is 0 Å². The topological polar surface area (TPSA) is 99.0 Å². The number of nitriles is 1. The second kappa shape index (κ2) is 6.45. The minimum atomic E-state index is -2.95. The molecular formula is C16H17N5O2S. The zero-order chi connectivity index (χ0) is 17.2. The van der Waals surface area contributed by atoms with Gasteiger partial charge in [-0.2, -0.15) is 10.2 Å². The highest BCUT2D eigenvalue weighted by Crippen LogP contribution is 2.22.